The predicted molar refractivity (Wildman–Crippen MR) is 84.9 cm³/mol. The van der Waals surface area contributed by atoms with E-state index in [1.807, 2.05) is 25.2 Å². The van der Waals surface area contributed by atoms with E-state index in [1.165, 1.54) is 11.1 Å². The summed E-state index contributed by atoms with van der Waals surface area (Å²) in [7, 11) is 1.95. The molecule has 0 saturated heterocycles. The fraction of sp³-hybridized carbons (Fsp3) is 0.312. The molecule has 1 aromatic carbocycles. The second-order valence-corrected chi connectivity index (χ2v) is 5.72. The molecule has 4 heteroatoms. The Bertz CT molecular complexity index is 569. The van der Waals surface area contributed by atoms with Crippen LogP contribution in [0.3, 0.4) is 0 Å². The van der Waals surface area contributed by atoms with Gasteiger partial charge >= 0.3 is 0 Å². The minimum atomic E-state index is 0.253. The number of halogens is 1. The second-order valence-electron chi connectivity index (χ2n) is 4.81. The Hall–Kier alpha value is -1.39. The first-order chi connectivity index (χ1) is 9.60. The van der Waals surface area contributed by atoms with Crippen molar-refractivity contribution < 1.29 is 4.74 Å². The van der Waals surface area contributed by atoms with Gasteiger partial charge < -0.3 is 10.1 Å². The van der Waals surface area contributed by atoms with Crippen molar-refractivity contribution in [1.82, 2.24) is 10.3 Å². The van der Waals surface area contributed by atoms with E-state index in [0.717, 1.165) is 15.9 Å². The van der Waals surface area contributed by atoms with Crippen LogP contribution in [0.5, 0.6) is 5.75 Å². The van der Waals surface area contributed by atoms with Crippen LogP contribution in [0.2, 0.25) is 0 Å². The monoisotopic (exact) mass is 334 g/mol. The van der Waals surface area contributed by atoms with Gasteiger partial charge in [0.2, 0.25) is 0 Å². The van der Waals surface area contributed by atoms with Gasteiger partial charge in [0, 0.05) is 22.3 Å². The second kappa shape index (κ2) is 6.86. The zero-order valence-corrected chi connectivity index (χ0v) is 13.6. The average Bonchev–Trinajstić information content (AvgIpc) is 2.46. The molecule has 106 valence electrons. The molecule has 1 aromatic heterocycles. The molecule has 0 saturated carbocycles. The molecule has 20 heavy (non-hydrogen) atoms. The van der Waals surface area contributed by atoms with Crippen molar-refractivity contribution in [3.63, 3.8) is 0 Å². The Balaban J connectivity index is 2.14. The lowest BCUT2D eigenvalue weighted by Gasteiger charge is -2.17. The quantitative estimate of drug-likeness (QED) is 0.896. The molecule has 1 unspecified atom stereocenters. The maximum absolute atomic E-state index is 5.92. The average molecular weight is 335 g/mol. The summed E-state index contributed by atoms with van der Waals surface area (Å²) in [5, 5.41) is 3.25. The van der Waals surface area contributed by atoms with E-state index >= 15 is 0 Å². The Morgan fingerprint density at radius 1 is 1.30 bits per heavy atom. The molecule has 2 rings (SSSR count). The lowest BCUT2D eigenvalue weighted by Crippen LogP contribution is -2.14. The third-order valence-corrected chi connectivity index (χ3v) is 3.70. The highest BCUT2D eigenvalue weighted by molar-refractivity contribution is 9.10. The largest absolute Gasteiger partial charge is 0.487 e. The molecule has 0 aliphatic carbocycles. The zero-order chi connectivity index (χ0) is 14.5. The van der Waals surface area contributed by atoms with Crippen LogP contribution >= 0.6 is 15.9 Å². The number of pyridine rings is 1. The highest BCUT2D eigenvalue weighted by atomic mass is 79.9. The number of nitrogens with one attached hydrogen (secondary N) is 1. The van der Waals surface area contributed by atoms with Gasteiger partial charge in [-0.05, 0) is 55.0 Å². The number of rotatable bonds is 5. The van der Waals surface area contributed by atoms with Gasteiger partial charge in [-0.2, -0.15) is 0 Å². The van der Waals surface area contributed by atoms with Crippen LogP contribution in [0.4, 0.5) is 0 Å². The van der Waals surface area contributed by atoms with Crippen LogP contribution in [0.15, 0.2) is 41.0 Å². The molecule has 0 radical (unpaired) electrons. The number of aromatic nitrogens is 1. The molecule has 0 aliphatic heterocycles. The molecule has 0 bridgehead atoms. The minimum absolute atomic E-state index is 0.253. The van der Waals surface area contributed by atoms with Gasteiger partial charge in [0.15, 0.2) is 0 Å². The molecule has 1 atom stereocenters. The van der Waals surface area contributed by atoms with Crippen LogP contribution in [0.1, 0.15) is 29.8 Å². The van der Waals surface area contributed by atoms with Crippen LogP contribution in [0.25, 0.3) is 0 Å². The van der Waals surface area contributed by atoms with E-state index in [-0.39, 0.29) is 6.04 Å². The molecular formula is C16H19BrN2O. The van der Waals surface area contributed by atoms with E-state index in [9.17, 15) is 0 Å². The summed E-state index contributed by atoms with van der Waals surface area (Å²) in [5.41, 5.74) is 3.32. The Morgan fingerprint density at radius 2 is 2.10 bits per heavy atom. The molecule has 2 aromatic rings. The van der Waals surface area contributed by atoms with Gasteiger partial charge in [-0.3, -0.25) is 4.98 Å². The van der Waals surface area contributed by atoms with Crippen molar-refractivity contribution in [3.05, 3.63) is 57.8 Å². The van der Waals surface area contributed by atoms with E-state index in [1.54, 1.807) is 6.20 Å². The summed E-state index contributed by atoms with van der Waals surface area (Å²) in [6.45, 7) is 4.69. The summed E-state index contributed by atoms with van der Waals surface area (Å²) in [5.74, 6) is 0.905. The molecule has 0 spiro atoms. The van der Waals surface area contributed by atoms with Crippen molar-refractivity contribution >= 4 is 15.9 Å². The van der Waals surface area contributed by atoms with E-state index < -0.39 is 0 Å². The molecule has 0 fully saturated rings. The fourth-order valence-corrected chi connectivity index (χ4v) is 2.17. The molecule has 1 N–H and O–H groups in total. The van der Waals surface area contributed by atoms with Crippen LogP contribution in [-0.4, -0.2) is 12.0 Å². The van der Waals surface area contributed by atoms with Gasteiger partial charge in [0.25, 0.3) is 0 Å². The third-order valence-electron chi connectivity index (χ3n) is 3.23. The Kier molecular flexibility index (Phi) is 5.15. The fourth-order valence-electron chi connectivity index (χ4n) is 1.94. The smallest absolute Gasteiger partial charge is 0.130 e. The Morgan fingerprint density at radius 3 is 2.75 bits per heavy atom. The first-order valence-corrected chi connectivity index (χ1v) is 7.40. The zero-order valence-electron chi connectivity index (χ0n) is 12.0. The highest BCUT2D eigenvalue weighted by Gasteiger charge is 2.10. The summed E-state index contributed by atoms with van der Waals surface area (Å²) in [6.07, 6.45) is 1.78. The van der Waals surface area contributed by atoms with Crippen molar-refractivity contribution in [2.45, 2.75) is 26.5 Å². The van der Waals surface area contributed by atoms with Gasteiger partial charge in [-0.25, -0.2) is 0 Å². The number of ether oxygens (including phenoxy) is 1. The first-order valence-electron chi connectivity index (χ1n) is 6.61. The van der Waals surface area contributed by atoms with Crippen molar-refractivity contribution in [2.24, 2.45) is 0 Å². The van der Waals surface area contributed by atoms with Gasteiger partial charge in [0.05, 0.1) is 5.69 Å². The molecular weight excluding hydrogens is 316 g/mol. The summed E-state index contributed by atoms with van der Waals surface area (Å²) in [4.78, 5) is 4.32. The first kappa shape index (κ1) is 15.0. The van der Waals surface area contributed by atoms with Gasteiger partial charge in [-0.1, -0.05) is 17.7 Å². The molecule has 3 nitrogen and oxygen atoms in total. The number of aryl methyl sites for hydroxylation is 1. The van der Waals surface area contributed by atoms with Crippen LogP contribution < -0.4 is 10.1 Å². The van der Waals surface area contributed by atoms with Crippen molar-refractivity contribution in [1.29, 1.82) is 0 Å². The number of hydrogen-bond donors (Lipinski definition) is 1. The van der Waals surface area contributed by atoms with Gasteiger partial charge in [0.1, 0.15) is 12.4 Å². The lowest BCUT2D eigenvalue weighted by atomic mass is 10.0. The van der Waals surface area contributed by atoms with Crippen molar-refractivity contribution in [3.8, 4) is 5.75 Å². The molecule has 0 amide bonds. The van der Waals surface area contributed by atoms with E-state index in [0.29, 0.717) is 6.61 Å². The summed E-state index contributed by atoms with van der Waals surface area (Å²) in [6, 6.07) is 10.4. The maximum Gasteiger partial charge on any atom is 0.130 e. The molecule has 1 heterocycles. The Labute approximate surface area is 128 Å². The SMILES string of the molecule is CNC(C)c1cc(C)ccc1OCc1ccc(Br)cn1. The lowest BCUT2D eigenvalue weighted by molar-refractivity contribution is 0.295. The standard InChI is InChI=1S/C16H19BrN2O/c1-11-4-7-16(15(8-11)12(2)18-3)20-10-14-6-5-13(17)9-19-14/h4-9,12,18H,10H2,1-3H3. The number of benzene rings is 1. The van der Waals surface area contributed by atoms with E-state index in [4.69, 9.17) is 4.74 Å². The summed E-state index contributed by atoms with van der Waals surface area (Å²) >= 11 is 3.38. The van der Waals surface area contributed by atoms with Crippen LogP contribution in [0, 0.1) is 6.92 Å². The molecule has 0 aliphatic rings. The topological polar surface area (TPSA) is 34.1 Å². The number of nitrogens with zero attached hydrogens (tertiary/aromatic N) is 1. The number of hydrogen-bond acceptors (Lipinski definition) is 3. The maximum atomic E-state index is 5.92. The van der Waals surface area contributed by atoms with Gasteiger partial charge in [-0.15, -0.1) is 0 Å². The van der Waals surface area contributed by atoms with Crippen LogP contribution in [-0.2, 0) is 6.61 Å². The highest BCUT2D eigenvalue weighted by Crippen LogP contribution is 2.26. The summed E-state index contributed by atoms with van der Waals surface area (Å²) < 4.78 is 6.90. The minimum Gasteiger partial charge on any atom is -0.487 e. The van der Waals surface area contributed by atoms with Crippen molar-refractivity contribution in [2.75, 3.05) is 7.05 Å². The normalized spacial score (nSPS) is 12.2. The predicted octanol–water partition coefficient (Wildman–Crippen LogP) is 4.01. The van der Waals surface area contributed by atoms with E-state index in [2.05, 4.69) is 52.2 Å². The third kappa shape index (κ3) is 3.81.